The number of carbonyl (C=O) groups is 4. The third-order valence-corrected chi connectivity index (χ3v) is 11.1. The van der Waals surface area contributed by atoms with Gasteiger partial charge in [0.2, 0.25) is 11.8 Å². The first-order valence-corrected chi connectivity index (χ1v) is 14.5. The number of anilines is 1. The van der Waals surface area contributed by atoms with Crippen molar-refractivity contribution in [2.75, 3.05) is 11.9 Å². The molecule has 6 atom stereocenters. The molecule has 0 unspecified atom stereocenters. The van der Waals surface area contributed by atoms with Crippen LogP contribution in [0.5, 0.6) is 5.75 Å². The average Bonchev–Trinajstić information content (AvgIpc) is 3.22. The minimum absolute atomic E-state index is 0.0495. The van der Waals surface area contributed by atoms with Crippen molar-refractivity contribution >= 4 is 75.1 Å². The zero-order valence-corrected chi connectivity index (χ0v) is 25.0. The van der Waals surface area contributed by atoms with Gasteiger partial charge in [-0.05, 0) is 96.2 Å². The normalized spacial score (nSPS) is 33.7. The van der Waals surface area contributed by atoms with Crippen LogP contribution >= 0.6 is 45.8 Å². The molecule has 2 aliphatic carbocycles. The number of hydrogen-bond acceptors (Lipinski definition) is 5. The third kappa shape index (κ3) is 3.40. The van der Waals surface area contributed by atoms with Crippen molar-refractivity contribution in [3.05, 3.63) is 68.3 Å². The quantitative estimate of drug-likeness (QED) is 0.213. The minimum Gasteiger partial charge on any atom is -0.507 e. The number of benzene rings is 2. The molecule has 2 aliphatic heterocycles. The van der Waals surface area contributed by atoms with E-state index in [1.807, 2.05) is 18.2 Å². The lowest BCUT2D eigenvalue weighted by atomic mass is 9.56. The van der Waals surface area contributed by atoms with Gasteiger partial charge in [0.15, 0.2) is 9.75 Å². The lowest BCUT2D eigenvalue weighted by Crippen LogP contribution is -2.60. The molecule has 0 aromatic heterocycles. The fourth-order valence-electron chi connectivity index (χ4n) is 7.12. The number of allylic oxidation sites excluding steroid dienone is 2. The topological polar surface area (TPSA) is 95.0 Å². The summed E-state index contributed by atoms with van der Waals surface area (Å²) in [6.07, 6.45) is 2.16. The number of carbonyl (C=O) groups excluding carboxylic acids is 4. The average molecular weight is 679 g/mol. The number of halogens is 3. The zero-order valence-electron chi connectivity index (χ0n) is 21.4. The second-order valence-electron chi connectivity index (χ2n) is 11.0. The van der Waals surface area contributed by atoms with E-state index >= 15 is 0 Å². The van der Waals surface area contributed by atoms with E-state index in [4.69, 9.17) is 23.2 Å². The molecule has 202 valence electrons. The fraction of sp³-hybridized carbons (Fsp3) is 0.379. The Balaban J connectivity index is 1.53. The van der Waals surface area contributed by atoms with Crippen molar-refractivity contribution in [2.24, 2.45) is 17.8 Å². The Morgan fingerprint density at radius 3 is 2.18 bits per heavy atom. The van der Waals surface area contributed by atoms with Gasteiger partial charge in [-0.25, -0.2) is 0 Å². The van der Waals surface area contributed by atoms with E-state index in [1.165, 1.54) is 11.9 Å². The molecule has 4 amide bonds. The van der Waals surface area contributed by atoms with Crippen LogP contribution in [0.3, 0.4) is 0 Å². The molecule has 7 nitrogen and oxygen atoms in total. The van der Waals surface area contributed by atoms with Gasteiger partial charge in [0.1, 0.15) is 5.75 Å². The Kier molecular flexibility index (Phi) is 6.03. The summed E-state index contributed by atoms with van der Waals surface area (Å²) >= 11 is 16.6. The highest BCUT2D eigenvalue weighted by Gasteiger charge is 2.75. The molecule has 3 fully saturated rings. The van der Waals surface area contributed by atoms with Gasteiger partial charge >= 0.3 is 0 Å². The lowest BCUT2D eigenvalue weighted by Gasteiger charge is -2.51. The molecule has 2 saturated heterocycles. The molecule has 4 aliphatic rings. The van der Waals surface area contributed by atoms with Crippen molar-refractivity contribution < 1.29 is 24.3 Å². The highest BCUT2D eigenvalue weighted by atomic mass is 127. The van der Waals surface area contributed by atoms with Gasteiger partial charge in [-0.15, -0.1) is 23.2 Å². The highest BCUT2D eigenvalue weighted by molar-refractivity contribution is 14.1. The lowest BCUT2D eigenvalue weighted by molar-refractivity contribution is -0.138. The Morgan fingerprint density at radius 2 is 1.56 bits per heavy atom. The maximum Gasteiger partial charge on any atom is 0.253 e. The maximum atomic E-state index is 14.0. The van der Waals surface area contributed by atoms with E-state index in [0.29, 0.717) is 28.8 Å². The van der Waals surface area contributed by atoms with Gasteiger partial charge < -0.3 is 5.11 Å². The highest BCUT2D eigenvalue weighted by Crippen LogP contribution is 2.65. The number of fused-ring (bicyclic) bond motifs is 4. The number of aryl methyl sites for hydroxylation is 2. The van der Waals surface area contributed by atoms with Crippen LogP contribution in [0.2, 0.25) is 0 Å². The van der Waals surface area contributed by atoms with Gasteiger partial charge in [-0.2, -0.15) is 0 Å². The molecule has 2 heterocycles. The monoisotopic (exact) mass is 678 g/mol. The van der Waals surface area contributed by atoms with Crippen molar-refractivity contribution in [2.45, 2.75) is 42.4 Å². The molecule has 39 heavy (non-hydrogen) atoms. The number of phenolic OH excluding ortho intramolecular Hbond substituents is 1. The fourth-order valence-corrected chi connectivity index (χ4v) is 8.50. The Labute approximate surface area is 249 Å². The van der Waals surface area contributed by atoms with E-state index in [-0.39, 0.29) is 24.0 Å². The van der Waals surface area contributed by atoms with E-state index in [2.05, 4.69) is 22.6 Å². The number of phenols is 1. The van der Waals surface area contributed by atoms with Gasteiger partial charge in [0.05, 0.1) is 17.5 Å². The van der Waals surface area contributed by atoms with E-state index in [0.717, 1.165) is 14.0 Å². The number of imide groups is 2. The van der Waals surface area contributed by atoms with Crippen LogP contribution in [0.15, 0.2) is 48.0 Å². The van der Waals surface area contributed by atoms with Gasteiger partial charge in [-0.1, -0.05) is 23.8 Å². The summed E-state index contributed by atoms with van der Waals surface area (Å²) in [6, 6.07) is 10.7. The van der Waals surface area contributed by atoms with Gasteiger partial charge in [-0.3, -0.25) is 29.0 Å². The molecule has 0 bridgehead atoms. The number of aromatic hydroxyl groups is 1. The first-order valence-electron chi connectivity index (χ1n) is 12.7. The van der Waals surface area contributed by atoms with Crippen LogP contribution in [-0.2, 0) is 19.2 Å². The summed E-state index contributed by atoms with van der Waals surface area (Å²) in [7, 11) is 1.37. The van der Waals surface area contributed by atoms with Crippen LogP contribution in [0.25, 0.3) is 0 Å². The van der Waals surface area contributed by atoms with E-state index in [1.54, 1.807) is 38.1 Å². The van der Waals surface area contributed by atoms with Gasteiger partial charge in [0.25, 0.3) is 11.8 Å². The summed E-state index contributed by atoms with van der Waals surface area (Å²) in [5.41, 5.74) is 3.03. The van der Waals surface area contributed by atoms with E-state index < -0.39 is 45.2 Å². The molecule has 1 N–H and O–H groups in total. The summed E-state index contributed by atoms with van der Waals surface area (Å²) in [5.74, 6) is -4.50. The molecular formula is C29H25Cl2IN2O5. The Morgan fingerprint density at radius 1 is 0.949 bits per heavy atom. The van der Waals surface area contributed by atoms with Crippen LogP contribution in [0.1, 0.15) is 35.4 Å². The van der Waals surface area contributed by atoms with Crippen LogP contribution in [0, 0.1) is 35.2 Å². The van der Waals surface area contributed by atoms with E-state index in [9.17, 15) is 24.3 Å². The van der Waals surface area contributed by atoms with Crippen LogP contribution < -0.4 is 4.90 Å². The number of rotatable bonds is 2. The third-order valence-electron chi connectivity index (χ3n) is 8.95. The summed E-state index contributed by atoms with van der Waals surface area (Å²) in [5, 5.41) is 10.5. The minimum atomic E-state index is -1.84. The number of alkyl halides is 2. The molecule has 0 radical (unpaired) electrons. The molecule has 0 spiro atoms. The predicted octanol–water partition coefficient (Wildman–Crippen LogP) is 4.81. The molecule has 6 rings (SSSR count). The summed E-state index contributed by atoms with van der Waals surface area (Å²) in [4.78, 5) is 53.3. The van der Waals surface area contributed by atoms with Crippen LogP contribution in [-0.4, -0.2) is 50.4 Å². The van der Waals surface area contributed by atoms with Crippen molar-refractivity contribution in [1.29, 1.82) is 0 Å². The Hall–Kier alpha value is -2.43. The molecule has 2 aromatic rings. The Bertz CT molecular complexity index is 1500. The number of hydrogen-bond donors (Lipinski definition) is 1. The first-order chi connectivity index (χ1) is 18.3. The SMILES string of the molecule is Cc1cc([C@H]2C3=CC[C@@H]4C(=O)N(c5ccc(I)cc5)C(=O)[C@@H]4[C@@H]3C[C@@]3(Cl)C(=O)N(C)C(=O)[C@@]23Cl)cc(C)c1O. The standard InChI is InChI=1S/C29H25Cl2IN2O5/c1-13-10-15(11-14(2)23(13)35)22-18-8-9-19-21(25(37)34(24(19)36)17-6-4-16(32)5-7-17)20(18)12-28(30)26(38)33(3)27(39)29(22,28)31/h4-8,10-11,19-22,35H,9,12H2,1-3H3/t19-,20+,21-,22-,28+,29-/m0/s1. The number of amides is 4. The molecule has 2 aromatic carbocycles. The van der Waals surface area contributed by atoms with Gasteiger partial charge in [0, 0.05) is 16.5 Å². The molecule has 1 saturated carbocycles. The molecule has 10 heteroatoms. The predicted molar refractivity (Wildman–Crippen MR) is 155 cm³/mol. The number of likely N-dealkylation sites (tertiary alicyclic amines) is 1. The largest absolute Gasteiger partial charge is 0.507 e. The smallest absolute Gasteiger partial charge is 0.253 e. The molecular weight excluding hydrogens is 654 g/mol. The van der Waals surface area contributed by atoms with Crippen molar-refractivity contribution in [1.82, 2.24) is 4.90 Å². The maximum absolute atomic E-state index is 14.0. The summed E-state index contributed by atoms with van der Waals surface area (Å²) in [6.45, 7) is 3.50. The first kappa shape index (κ1) is 26.8. The van der Waals surface area contributed by atoms with Crippen molar-refractivity contribution in [3.63, 3.8) is 0 Å². The second-order valence-corrected chi connectivity index (χ2v) is 13.5. The van der Waals surface area contributed by atoms with Crippen LogP contribution in [0.4, 0.5) is 5.69 Å². The van der Waals surface area contributed by atoms with Crippen molar-refractivity contribution in [3.8, 4) is 5.75 Å². The zero-order chi connectivity index (χ0) is 28.2. The second kappa shape index (κ2) is 8.78. The summed E-state index contributed by atoms with van der Waals surface area (Å²) < 4.78 is 0.975. The number of nitrogens with zero attached hydrogens (tertiary/aromatic N) is 2.